The summed E-state index contributed by atoms with van der Waals surface area (Å²) in [5.41, 5.74) is 3.99. The van der Waals surface area contributed by atoms with Crippen molar-refractivity contribution in [2.45, 2.75) is 46.0 Å². The van der Waals surface area contributed by atoms with Crippen LogP contribution in [0.3, 0.4) is 0 Å². The van der Waals surface area contributed by atoms with Crippen LogP contribution in [0.5, 0.6) is 0 Å². The lowest BCUT2D eigenvalue weighted by Crippen LogP contribution is -2.00. The lowest BCUT2D eigenvalue weighted by Gasteiger charge is -2.11. The molecule has 2 aliphatic carbocycles. The Hall–Kier alpha value is -1.37. The monoisotopic (exact) mass is 268 g/mol. The van der Waals surface area contributed by atoms with E-state index in [4.69, 9.17) is 0 Å². The Balaban J connectivity index is 1.89. The molecule has 0 saturated heterocycles. The minimum Gasteiger partial charge on any atom is -0.295 e. The number of hydrogen-bond acceptors (Lipinski definition) is 1. The molecule has 0 N–H and O–H groups in total. The van der Waals surface area contributed by atoms with Gasteiger partial charge in [0.1, 0.15) is 0 Å². The average molecular weight is 268 g/mol. The normalized spacial score (nSPS) is 32.0. The zero-order valence-corrected chi connectivity index (χ0v) is 12.7. The van der Waals surface area contributed by atoms with Gasteiger partial charge in [0.05, 0.1) is 0 Å². The summed E-state index contributed by atoms with van der Waals surface area (Å²) in [6, 6.07) is 8.66. The molecule has 0 spiro atoms. The van der Waals surface area contributed by atoms with E-state index < -0.39 is 0 Å². The van der Waals surface area contributed by atoms with Crippen LogP contribution in [0.1, 0.15) is 57.1 Å². The zero-order chi connectivity index (χ0) is 14.3. The third-order valence-electron chi connectivity index (χ3n) is 4.99. The van der Waals surface area contributed by atoms with Crippen LogP contribution in [0.4, 0.5) is 0 Å². The van der Waals surface area contributed by atoms with Crippen molar-refractivity contribution in [3.8, 4) is 0 Å². The Labute approximate surface area is 122 Å². The Kier molecular flexibility index (Phi) is 3.54. The van der Waals surface area contributed by atoms with Crippen LogP contribution in [0.25, 0.3) is 5.57 Å². The summed E-state index contributed by atoms with van der Waals surface area (Å²) >= 11 is 0. The van der Waals surface area contributed by atoms with E-state index in [9.17, 15) is 4.79 Å². The maximum absolute atomic E-state index is 12.2. The largest absolute Gasteiger partial charge is 0.295 e. The van der Waals surface area contributed by atoms with E-state index in [1.165, 1.54) is 23.1 Å². The highest BCUT2D eigenvalue weighted by Gasteiger charge is 2.38. The van der Waals surface area contributed by atoms with Gasteiger partial charge in [-0.3, -0.25) is 4.79 Å². The van der Waals surface area contributed by atoms with E-state index in [1.807, 2.05) is 6.08 Å². The number of rotatable bonds is 5. The van der Waals surface area contributed by atoms with Crippen molar-refractivity contribution >= 4 is 11.4 Å². The van der Waals surface area contributed by atoms with Crippen LogP contribution in [0.2, 0.25) is 0 Å². The van der Waals surface area contributed by atoms with Gasteiger partial charge >= 0.3 is 0 Å². The fourth-order valence-electron chi connectivity index (χ4n) is 3.24. The first kappa shape index (κ1) is 13.6. The molecule has 1 aromatic rings. The summed E-state index contributed by atoms with van der Waals surface area (Å²) in [4.78, 5) is 12.2. The number of carbonyl (C=O) groups excluding carboxylic acids is 1. The Bertz CT molecular complexity index is 555. The molecule has 0 aromatic heterocycles. The van der Waals surface area contributed by atoms with Crippen LogP contribution >= 0.6 is 0 Å². The third-order valence-corrected chi connectivity index (χ3v) is 4.99. The zero-order valence-electron chi connectivity index (χ0n) is 12.7. The third kappa shape index (κ3) is 2.59. The summed E-state index contributed by atoms with van der Waals surface area (Å²) < 4.78 is 0. The molecule has 2 saturated carbocycles. The predicted molar refractivity (Wildman–Crippen MR) is 83.5 cm³/mol. The van der Waals surface area contributed by atoms with Gasteiger partial charge in [-0.2, -0.15) is 0 Å². The van der Waals surface area contributed by atoms with Crippen molar-refractivity contribution in [1.82, 2.24) is 0 Å². The number of allylic oxidation sites excluding steroid dienone is 2. The van der Waals surface area contributed by atoms with Crippen molar-refractivity contribution in [3.63, 3.8) is 0 Å². The predicted octanol–water partition coefficient (Wildman–Crippen LogP) is 4.83. The molecule has 0 aliphatic heterocycles. The van der Waals surface area contributed by atoms with Crippen molar-refractivity contribution < 1.29 is 4.79 Å². The van der Waals surface area contributed by atoms with Crippen LogP contribution in [-0.4, -0.2) is 5.78 Å². The summed E-state index contributed by atoms with van der Waals surface area (Å²) in [6.45, 7) is 6.64. The number of hydrogen-bond donors (Lipinski definition) is 0. The first-order valence-electron chi connectivity index (χ1n) is 7.95. The SMILES string of the molecule is CC/C(=C\C(=O)C1CC1C)c1ccccc1C1CC1C. The van der Waals surface area contributed by atoms with E-state index in [1.54, 1.807) is 0 Å². The second-order valence-electron chi connectivity index (χ2n) is 6.65. The fraction of sp³-hybridized carbons (Fsp3) is 0.526. The highest BCUT2D eigenvalue weighted by molar-refractivity contribution is 6.00. The van der Waals surface area contributed by atoms with Crippen molar-refractivity contribution in [2.75, 3.05) is 0 Å². The van der Waals surface area contributed by atoms with Crippen molar-refractivity contribution in [1.29, 1.82) is 0 Å². The topological polar surface area (TPSA) is 17.1 Å². The highest BCUT2D eigenvalue weighted by Crippen LogP contribution is 2.49. The van der Waals surface area contributed by atoms with Gasteiger partial charge in [-0.1, -0.05) is 45.0 Å². The van der Waals surface area contributed by atoms with Crippen molar-refractivity contribution in [2.24, 2.45) is 17.8 Å². The van der Waals surface area contributed by atoms with E-state index >= 15 is 0 Å². The molecule has 0 amide bonds. The number of benzene rings is 1. The summed E-state index contributed by atoms with van der Waals surface area (Å²) in [5.74, 6) is 2.73. The molecule has 0 bridgehead atoms. The molecule has 106 valence electrons. The molecule has 1 nitrogen and oxygen atoms in total. The minimum absolute atomic E-state index is 0.295. The number of carbonyl (C=O) groups is 1. The molecule has 2 fully saturated rings. The van der Waals surface area contributed by atoms with Crippen molar-refractivity contribution in [3.05, 3.63) is 41.5 Å². The molecule has 1 heteroatoms. The Morgan fingerprint density at radius 1 is 1.20 bits per heavy atom. The van der Waals surface area contributed by atoms with Gasteiger partial charge in [0, 0.05) is 5.92 Å². The summed E-state index contributed by atoms with van der Waals surface area (Å²) in [6.07, 6.45) is 5.24. The molecule has 2 aliphatic rings. The average Bonchev–Trinajstić information content (AvgIpc) is 3.35. The van der Waals surface area contributed by atoms with Gasteiger partial charge in [-0.25, -0.2) is 0 Å². The first-order chi connectivity index (χ1) is 9.61. The maximum atomic E-state index is 12.2. The quantitative estimate of drug-likeness (QED) is 0.699. The van der Waals surface area contributed by atoms with Gasteiger partial charge in [0.2, 0.25) is 0 Å². The maximum Gasteiger partial charge on any atom is 0.159 e. The minimum atomic E-state index is 0.295. The van der Waals surface area contributed by atoms with Crippen LogP contribution in [-0.2, 0) is 4.79 Å². The molecule has 1 aromatic carbocycles. The number of ketones is 1. The van der Waals surface area contributed by atoms with E-state index in [2.05, 4.69) is 45.0 Å². The fourth-order valence-corrected chi connectivity index (χ4v) is 3.24. The lowest BCUT2D eigenvalue weighted by molar-refractivity contribution is -0.115. The lowest BCUT2D eigenvalue weighted by atomic mass is 9.93. The van der Waals surface area contributed by atoms with E-state index in [0.717, 1.165) is 18.8 Å². The Morgan fingerprint density at radius 3 is 2.40 bits per heavy atom. The highest BCUT2D eigenvalue weighted by atomic mass is 16.1. The smallest absolute Gasteiger partial charge is 0.159 e. The van der Waals surface area contributed by atoms with Gasteiger partial charge in [0.15, 0.2) is 5.78 Å². The van der Waals surface area contributed by atoms with Gasteiger partial charge in [-0.15, -0.1) is 0 Å². The van der Waals surface area contributed by atoms with E-state index in [-0.39, 0.29) is 0 Å². The van der Waals surface area contributed by atoms with Gasteiger partial charge in [-0.05, 0) is 59.8 Å². The molecular formula is C19H24O. The van der Waals surface area contributed by atoms with Crippen LogP contribution in [0.15, 0.2) is 30.3 Å². The molecule has 4 atom stereocenters. The molecule has 0 heterocycles. The first-order valence-corrected chi connectivity index (χ1v) is 7.95. The second-order valence-corrected chi connectivity index (χ2v) is 6.65. The summed E-state index contributed by atoms with van der Waals surface area (Å²) in [5, 5.41) is 0. The van der Waals surface area contributed by atoms with E-state index in [0.29, 0.717) is 23.5 Å². The molecule has 0 radical (unpaired) electrons. The Morgan fingerprint density at radius 2 is 1.85 bits per heavy atom. The summed E-state index contributed by atoms with van der Waals surface area (Å²) in [7, 11) is 0. The standard InChI is InChI=1S/C19H24O/c1-4-14(11-19(20)18-10-13(18)3)15-7-5-6-8-16(15)17-9-12(17)2/h5-8,11-13,17-18H,4,9-10H2,1-3H3/b14-11+. The molecule has 4 unspecified atom stereocenters. The molecule has 20 heavy (non-hydrogen) atoms. The van der Waals surface area contributed by atoms with Crippen LogP contribution < -0.4 is 0 Å². The van der Waals surface area contributed by atoms with Crippen LogP contribution in [0, 0.1) is 17.8 Å². The molecular weight excluding hydrogens is 244 g/mol. The molecule has 3 rings (SSSR count). The second kappa shape index (κ2) is 5.20. The van der Waals surface area contributed by atoms with Gasteiger partial charge in [0.25, 0.3) is 0 Å². The van der Waals surface area contributed by atoms with Gasteiger partial charge < -0.3 is 0 Å².